The number of halogens is 1. The summed E-state index contributed by atoms with van der Waals surface area (Å²) < 4.78 is 11.5. The first-order chi connectivity index (χ1) is 14.0. The van der Waals surface area contributed by atoms with Crippen molar-refractivity contribution in [2.24, 2.45) is 0 Å². The summed E-state index contributed by atoms with van der Waals surface area (Å²) in [7, 11) is 0. The summed E-state index contributed by atoms with van der Waals surface area (Å²) in [5, 5.41) is 20.6. The van der Waals surface area contributed by atoms with Gasteiger partial charge in [-0.1, -0.05) is 41.9 Å². The lowest BCUT2D eigenvalue weighted by Gasteiger charge is -2.20. The number of likely N-dealkylation sites (tertiary alicyclic amines) is 1. The third-order valence-electron chi connectivity index (χ3n) is 5.11. The van der Waals surface area contributed by atoms with Gasteiger partial charge < -0.3 is 14.9 Å². The number of β-amino-alcohol motifs (C(OH)–C–C–N with tert-alkyl or cyclic N) is 1. The normalized spacial score (nSPS) is 19.7. The molecule has 152 valence electrons. The smallest absolute Gasteiger partial charge is 0.321 e. The van der Waals surface area contributed by atoms with Crippen LogP contribution < -0.4 is 4.74 Å². The molecule has 1 aromatic heterocycles. The molecule has 1 saturated heterocycles. The van der Waals surface area contributed by atoms with Crippen LogP contribution in [0.5, 0.6) is 5.75 Å². The van der Waals surface area contributed by atoms with E-state index in [9.17, 15) is 15.0 Å². The van der Waals surface area contributed by atoms with Gasteiger partial charge in [0.15, 0.2) is 0 Å². The van der Waals surface area contributed by atoms with Gasteiger partial charge in [0.05, 0.1) is 28.1 Å². The zero-order chi connectivity index (χ0) is 20.4. The molecule has 8 heteroatoms. The molecular formula is C21H21ClN2O4S. The van der Waals surface area contributed by atoms with E-state index < -0.39 is 18.1 Å². The number of carboxylic acids is 1. The Hall–Kier alpha value is -2.19. The summed E-state index contributed by atoms with van der Waals surface area (Å²) in [5.74, 6) is -0.314. The van der Waals surface area contributed by atoms with E-state index in [1.807, 2.05) is 42.5 Å². The van der Waals surface area contributed by atoms with Crippen LogP contribution in [0.15, 0.2) is 42.5 Å². The molecule has 6 nitrogen and oxygen atoms in total. The standard InChI is InChI=1S/C21H21ClN2O4S/c22-19-15(20-14-5-1-2-8-18(14)29-23-20)6-3-7-17(19)28-10-4-9-24-12-13(25)11-16(24)21(26)27/h1-3,5-8,13,16,25H,4,9-12H2,(H,26,27)/t13-,16+/m1/s1. The molecule has 1 fully saturated rings. The van der Waals surface area contributed by atoms with Crippen LogP contribution >= 0.6 is 23.1 Å². The predicted octanol–water partition coefficient (Wildman–Crippen LogP) is 3.91. The van der Waals surface area contributed by atoms with Gasteiger partial charge in [0, 0.05) is 30.5 Å². The van der Waals surface area contributed by atoms with Gasteiger partial charge >= 0.3 is 5.97 Å². The summed E-state index contributed by atoms with van der Waals surface area (Å²) in [6.45, 7) is 1.33. The first-order valence-electron chi connectivity index (χ1n) is 9.45. The molecule has 2 aromatic carbocycles. The largest absolute Gasteiger partial charge is 0.492 e. The molecule has 2 N–H and O–H groups in total. The highest BCUT2D eigenvalue weighted by atomic mass is 35.5. The molecule has 4 rings (SSSR count). The molecule has 2 heterocycles. The number of ether oxygens (including phenoxy) is 1. The summed E-state index contributed by atoms with van der Waals surface area (Å²) in [5.41, 5.74) is 1.67. The summed E-state index contributed by atoms with van der Waals surface area (Å²) in [4.78, 5) is 13.1. The molecule has 0 bridgehead atoms. The zero-order valence-electron chi connectivity index (χ0n) is 15.6. The van der Waals surface area contributed by atoms with Crippen molar-refractivity contribution in [1.82, 2.24) is 9.27 Å². The van der Waals surface area contributed by atoms with Crippen molar-refractivity contribution >= 4 is 39.2 Å². The zero-order valence-corrected chi connectivity index (χ0v) is 17.2. The lowest BCUT2D eigenvalue weighted by atomic mass is 10.1. The average molecular weight is 433 g/mol. The van der Waals surface area contributed by atoms with Crippen molar-refractivity contribution in [3.05, 3.63) is 47.5 Å². The molecule has 2 atom stereocenters. The molecule has 0 amide bonds. The number of hydrogen-bond acceptors (Lipinski definition) is 6. The number of nitrogens with zero attached hydrogens (tertiary/aromatic N) is 2. The Morgan fingerprint density at radius 2 is 2.10 bits per heavy atom. The Labute approximate surface area is 177 Å². The summed E-state index contributed by atoms with van der Waals surface area (Å²) in [6.07, 6.45) is 0.318. The predicted molar refractivity (Wildman–Crippen MR) is 114 cm³/mol. The van der Waals surface area contributed by atoms with E-state index in [1.54, 1.807) is 4.90 Å². The molecule has 1 aliphatic heterocycles. The van der Waals surface area contributed by atoms with Crippen molar-refractivity contribution in [1.29, 1.82) is 0 Å². The van der Waals surface area contributed by atoms with E-state index in [1.165, 1.54) is 11.5 Å². The second kappa shape index (κ2) is 8.67. The van der Waals surface area contributed by atoms with E-state index >= 15 is 0 Å². The van der Waals surface area contributed by atoms with Gasteiger partial charge in [0.1, 0.15) is 11.8 Å². The molecular weight excluding hydrogens is 412 g/mol. The second-order valence-electron chi connectivity index (χ2n) is 7.09. The van der Waals surface area contributed by atoms with E-state index in [0.717, 1.165) is 21.3 Å². The van der Waals surface area contributed by atoms with Gasteiger partial charge in [0.2, 0.25) is 0 Å². The highest BCUT2D eigenvalue weighted by Gasteiger charge is 2.35. The number of carbonyl (C=O) groups is 1. The van der Waals surface area contributed by atoms with Crippen LogP contribution in [0.3, 0.4) is 0 Å². The minimum absolute atomic E-state index is 0.270. The van der Waals surface area contributed by atoms with E-state index in [-0.39, 0.29) is 6.42 Å². The maximum atomic E-state index is 11.3. The molecule has 0 spiro atoms. The minimum Gasteiger partial charge on any atom is -0.492 e. The Morgan fingerprint density at radius 3 is 2.93 bits per heavy atom. The molecule has 0 saturated carbocycles. The van der Waals surface area contributed by atoms with Gasteiger partial charge in [-0.3, -0.25) is 9.69 Å². The summed E-state index contributed by atoms with van der Waals surface area (Å²) >= 11 is 8.05. The van der Waals surface area contributed by atoms with Crippen molar-refractivity contribution in [3.63, 3.8) is 0 Å². The highest BCUT2D eigenvalue weighted by molar-refractivity contribution is 7.13. The lowest BCUT2D eigenvalue weighted by molar-refractivity contribution is -0.142. The fourth-order valence-corrected chi connectivity index (χ4v) is 4.78. The van der Waals surface area contributed by atoms with Crippen LogP contribution in [0.2, 0.25) is 5.02 Å². The van der Waals surface area contributed by atoms with E-state index in [2.05, 4.69) is 4.37 Å². The third-order valence-corrected chi connectivity index (χ3v) is 6.33. The number of hydrogen-bond donors (Lipinski definition) is 2. The Morgan fingerprint density at radius 1 is 1.28 bits per heavy atom. The third kappa shape index (κ3) is 4.23. The number of aliphatic hydroxyl groups excluding tert-OH is 1. The highest BCUT2D eigenvalue weighted by Crippen LogP contribution is 2.39. The number of aliphatic hydroxyl groups is 1. The van der Waals surface area contributed by atoms with Crippen molar-refractivity contribution in [3.8, 4) is 17.0 Å². The molecule has 1 aliphatic rings. The fourth-order valence-electron chi connectivity index (χ4n) is 3.72. The number of aliphatic carboxylic acids is 1. The average Bonchev–Trinajstić information content (AvgIpc) is 3.30. The monoisotopic (exact) mass is 432 g/mol. The Kier molecular flexibility index (Phi) is 6.01. The van der Waals surface area contributed by atoms with Crippen LogP contribution in [-0.2, 0) is 4.79 Å². The maximum Gasteiger partial charge on any atom is 0.321 e. The van der Waals surface area contributed by atoms with Gasteiger partial charge in [-0.05, 0) is 30.1 Å². The van der Waals surface area contributed by atoms with Crippen LogP contribution in [0.4, 0.5) is 0 Å². The van der Waals surface area contributed by atoms with Crippen molar-refractivity contribution < 1.29 is 19.7 Å². The Bertz CT molecular complexity index is 1020. The lowest BCUT2D eigenvalue weighted by Crippen LogP contribution is -2.37. The van der Waals surface area contributed by atoms with Gasteiger partial charge in [-0.25, -0.2) is 0 Å². The van der Waals surface area contributed by atoms with E-state index in [4.69, 9.17) is 16.3 Å². The van der Waals surface area contributed by atoms with Gasteiger partial charge in [0.25, 0.3) is 0 Å². The number of rotatable bonds is 7. The van der Waals surface area contributed by atoms with Crippen molar-refractivity contribution in [2.45, 2.75) is 25.0 Å². The quantitative estimate of drug-likeness (QED) is 0.551. The number of fused-ring (bicyclic) bond motifs is 1. The molecule has 29 heavy (non-hydrogen) atoms. The molecule has 3 aromatic rings. The van der Waals surface area contributed by atoms with Crippen LogP contribution in [0.1, 0.15) is 12.8 Å². The Balaban J connectivity index is 1.41. The number of benzene rings is 2. The first-order valence-corrected chi connectivity index (χ1v) is 10.6. The maximum absolute atomic E-state index is 11.3. The van der Waals surface area contributed by atoms with Crippen LogP contribution in [0, 0.1) is 0 Å². The second-order valence-corrected chi connectivity index (χ2v) is 8.27. The molecule has 0 aliphatic carbocycles. The topological polar surface area (TPSA) is 82.9 Å². The van der Waals surface area contributed by atoms with E-state index in [0.29, 0.717) is 36.9 Å². The van der Waals surface area contributed by atoms with Gasteiger partial charge in [-0.2, -0.15) is 4.37 Å². The van der Waals surface area contributed by atoms with Crippen molar-refractivity contribution in [2.75, 3.05) is 19.7 Å². The number of aromatic nitrogens is 1. The first kappa shape index (κ1) is 20.1. The molecule has 0 radical (unpaired) electrons. The minimum atomic E-state index is -0.895. The fraction of sp³-hybridized carbons (Fsp3) is 0.333. The SMILES string of the molecule is O=C(O)[C@@H]1C[C@@H](O)CN1CCCOc1cccc(-c2nsc3ccccc23)c1Cl. The summed E-state index contributed by atoms with van der Waals surface area (Å²) in [6, 6.07) is 13.0. The number of carboxylic acid groups (broad SMARTS) is 1. The van der Waals surface area contributed by atoms with Gasteiger partial charge in [-0.15, -0.1) is 0 Å². The molecule has 0 unspecified atom stereocenters. The van der Waals surface area contributed by atoms with Crippen LogP contribution in [0.25, 0.3) is 21.3 Å². The van der Waals surface area contributed by atoms with Crippen LogP contribution in [-0.4, -0.2) is 57.3 Å².